The van der Waals surface area contributed by atoms with Crippen molar-refractivity contribution < 1.29 is 14.7 Å². The molecule has 0 spiro atoms. The summed E-state index contributed by atoms with van der Waals surface area (Å²) in [5, 5.41) is 8.99. The lowest BCUT2D eigenvalue weighted by Gasteiger charge is -2.19. The molecule has 1 fully saturated rings. The highest BCUT2D eigenvalue weighted by Crippen LogP contribution is 2.18. The van der Waals surface area contributed by atoms with Crippen LogP contribution in [0.1, 0.15) is 18.4 Å². The first-order valence-corrected chi connectivity index (χ1v) is 5.80. The van der Waals surface area contributed by atoms with E-state index in [9.17, 15) is 9.59 Å². The minimum Gasteiger partial charge on any atom is -0.480 e. The van der Waals surface area contributed by atoms with E-state index in [1.807, 2.05) is 6.07 Å². The molecule has 1 amide bonds. The number of carboxylic acids is 1. The van der Waals surface area contributed by atoms with Crippen molar-refractivity contribution in [1.82, 2.24) is 9.88 Å². The van der Waals surface area contributed by atoms with E-state index in [1.54, 1.807) is 24.5 Å². The zero-order valence-corrected chi connectivity index (χ0v) is 9.82. The molecule has 1 unspecified atom stereocenters. The number of pyridine rings is 1. The van der Waals surface area contributed by atoms with Gasteiger partial charge in [-0.25, -0.2) is 4.79 Å². The predicted octanol–water partition coefficient (Wildman–Crippen LogP) is 1.17. The van der Waals surface area contributed by atoms with Crippen LogP contribution >= 0.6 is 0 Å². The van der Waals surface area contributed by atoms with Crippen LogP contribution in [0.2, 0.25) is 0 Å². The summed E-state index contributed by atoms with van der Waals surface area (Å²) in [7, 11) is 0. The average molecular weight is 246 g/mol. The van der Waals surface area contributed by atoms with Gasteiger partial charge in [0.05, 0.1) is 0 Å². The first-order valence-electron chi connectivity index (χ1n) is 5.80. The Labute approximate surface area is 105 Å². The smallest absolute Gasteiger partial charge is 0.326 e. The Morgan fingerprint density at radius 2 is 2.33 bits per heavy atom. The van der Waals surface area contributed by atoms with Crippen molar-refractivity contribution in [3.05, 3.63) is 36.2 Å². The van der Waals surface area contributed by atoms with Gasteiger partial charge in [0.25, 0.3) is 0 Å². The number of amides is 1. The third kappa shape index (κ3) is 2.74. The molecule has 0 aromatic carbocycles. The minimum atomic E-state index is -0.935. The molecular weight excluding hydrogens is 232 g/mol. The molecule has 0 radical (unpaired) electrons. The minimum absolute atomic E-state index is 0.260. The van der Waals surface area contributed by atoms with Gasteiger partial charge < -0.3 is 10.0 Å². The van der Waals surface area contributed by atoms with Gasteiger partial charge in [0, 0.05) is 25.0 Å². The molecule has 0 saturated carbocycles. The number of likely N-dealkylation sites (tertiary alicyclic amines) is 1. The summed E-state index contributed by atoms with van der Waals surface area (Å²) in [6.45, 7) is 0.507. The Bertz CT molecular complexity index is 470. The van der Waals surface area contributed by atoms with Crippen LogP contribution in [-0.4, -0.2) is 39.5 Å². The summed E-state index contributed by atoms with van der Waals surface area (Å²) < 4.78 is 0. The fourth-order valence-corrected chi connectivity index (χ4v) is 2.03. The molecule has 1 aliphatic rings. The van der Waals surface area contributed by atoms with Crippen molar-refractivity contribution in [2.75, 3.05) is 6.54 Å². The van der Waals surface area contributed by atoms with Crippen LogP contribution < -0.4 is 0 Å². The van der Waals surface area contributed by atoms with E-state index in [2.05, 4.69) is 4.98 Å². The van der Waals surface area contributed by atoms with Crippen LogP contribution in [0.5, 0.6) is 0 Å². The summed E-state index contributed by atoms with van der Waals surface area (Å²) in [5.41, 5.74) is 0.817. The summed E-state index contributed by atoms with van der Waals surface area (Å²) in [5.74, 6) is -1.20. The maximum Gasteiger partial charge on any atom is 0.326 e. The predicted molar refractivity (Wildman–Crippen MR) is 65.6 cm³/mol. The van der Waals surface area contributed by atoms with Gasteiger partial charge in [-0.15, -0.1) is 0 Å². The monoisotopic (exact) mass is 246 g/mol. The van der Waals surface area contributed by atoms with Gasteiger partial charge in [0.2, 0.25) is 5.91 Å². The molecule has 5 nitrogen and oxygen atoms in total. The highest BCUT2D eigenvalue weighted by atomic mass is 16.4. The van der Waals surface area contributed by atoms with Crippen LogP contribution in [0.25, 0.3) is 6.08 Å². The molecule has 1 aromatic heterocycles. The maximum atomic E-state index is 11.9. The second-order valence-electron chi connectivity index (χ2n) is 4.15. The van der Waals surface area contributed by atoms with E-state index in [4.69, 9.17) is 5.11 Å². The lowest BCUT2D eigenvalue weighted by molar-refractivity contribution is -0.146. The van der Waals surface area contributed by atoms with E-state index in [1.165, 1.54) is 11.0 Å². The third-order valence-electron chi connectivity index (χ3n) is 2.92. The molecule has 2 rings (SSSR count). The fraction of sp³-hybridized carbons (Fsp3) is 0.308. The zero-order chi connectivity index (χ0) is 13.0. The molecule has 1 saturated heterocycles. The largest absolute Gasteiger partial charge is 0.480 e. The zero-order valence-electron chi connectivity index (χ0n) is 9.82. The highest BCUT2D eigenvalue weighted by molar-refractivity contribution is 5.94. The summed E-state index contributed by atoms with van der Waals surface area (Å²) in [6.07, 6.45) is 7.61. The number of hydrogen-bond donors (Lipinski definition) is 1. The molecule has 1 N–H and O–H groups in total. The molecule has 0 aliphatic carbocycles. The first-order chi connectivity index (χ1) is 8.68. The Morgan fingerprint density at radius 3 is 3.00 bits per heavy atom. The van der Waals surface area contributed by atoms with Gasteiger partial charge in [-0.2, -0.15) is 0 Å². The number of rotatable bonds is 3. The van der Waals surface area contributed by atoms with Gasteiger partial charge in [0.15, 0.2) is 0 Å². The molecule has 18 heavy (non-hydrogen) atoms. The van der Waals surface area contributed by atoms with Crippen molar-refractivity contribution in [3.63, 3.8) is 0 Å². The molecular formula is C13H14N2O3. The van der Waals surface area contributed by atoms with Crippen LogP contribution in [0.3, 0.4) is 0 Å². The fourth-order valence-electron chi connectivity index (χ4n) is 2.03. The number of aromatic nitrogens is 1. The summed E-state index contributed by atoms with van der Waals surface area (Å²) in [6, 6.07) is 2.92. The van der Waals surface area contributed by atoms with Crippen molar-refractivity contribution in [3.8, 4) is 0 Å². The van der Waals surface area contributed by atoms with Crippen molar-refractivity contribution in [2.24, 2.45) is 0 Å². The Kier molecular flexibility index (Phi) is 3.72. The standard InChI is InChI=1S/C13H14N2O3/c16-12(6-5-10-3-1-7-14-9-10)15-8-2-4-11(15)13(17)18/h1,3,5-7,9,11H,2,4,8H2,(H,17,18). The van der Waals surface area contributed by atoms with Gasteiger partial charge in [0.1, 0.15) is 6.04 Å². The molecule has 1 aliphatic heterocycles. The van der Waals surface area contributed by atoms with E-state index in [-0.39, 0.29) is 5.91 Å². The molecule has 2 heterocycles. The molecule has 94 valence electrons. The summed E-state index contributed by atoms with van der Waals surface area (Å²) in [4.78, 5) is 28.2. The second kappa shape index (κ2) is 5.44. The molecule has 1 atom stereocenters. The lowest BCUT2D eigenvalue weighted by atomic mass is 10.2. The van der Waals surface area contributed by atoms with Gasteiger partial charge in [-0.1, -0.05) is 6.07 Å². The molecule has 1 aromatic rings. The van der Waals surface area contributed by atoms with Crippen LogP contribution in [0.4, 0.5) is 0 Å². The average Bonchev–Trinajstić information content (AvgIpc) is 2.86. The quantitative estimate of drug-likeness (QED) is 0.813. The van der Waals surface area contributed by atoms with Crippen LogP contribution in [-0.2, 0) is 9.59 Å². The Morgan fingerprint density at radius 1 is 1.50 bits per heavy atom. The first kappa shape index (κ1) is 12.3. The van der Waals surface area contributed by atoms with Gasteiger partial charge in [-0.05, 0) is 30.5 Å². The van der Waals surface area contributed by atoms with Crippen molar-refractivity contribution in [2.45, 2.75) is 18.9 Å². The Balaban J connectivity index is 2.04. The van der Waals surface area contributed by atoms with Crippen LogP contribution in [0, 0.1) is 0 Å². The van der Waals surface area contributed by atoms with Gasteiger partial charge in [-0.3, -0.25) is 9.78 Å². The maximum absolute atomic E-state index is 11.9. The van der Waals surface area contributed by atoms with E-state index < -0.39 is 12.0 Å². The number of hydrogen-bond acceptors (Lipinski definition) is 3. The van der Waals surface area contributed by atoms with E-state index >= 15 is 0 Å². The molecule has 5 heteroatoms. The lowest BCUT2D eigenvalue weighted by Crippen LogP contribution is -2.39. The third-order valence-corrected chi connectivity index (χ3v) is 2.92. The second-order valence-corrected chi connectivity index (χ2v) is 4.15. The van der Waals surface area contributed by atoms with E-state index in [0.29, 0.717) is 13.0 Å². The molecule has 0 bridgehead atoms. The normalized spacial score (nSPS) is 19.3. The topological polar surface area (TPSA) is 70.5 Å². The highest BCUT2D eigenvalue weighted by Gasteiger charge is 2.32. The number of carboxylic acid groups (broad SMARTS) is 1. The number of carbonyl (C=O) groups is 2. The van der Waals surface area contributed by atoms with Gasteiger partial charge >= 0.3 is 5.97 Å². The number of nitrogens with zero attached hydrogens (tertiary/aromatic N) is 2. The summed E-state index contributed by atoms with van der Waals surface area (Å²) >= 11 is 0. The van der Waals surface area contributed by atoms with Crippen molar-refractivity contribution in [1.29, 1.82) is 0 Å². The SMILES string of the molecule is O=C(O)C1CCCN1C(=O)C=Cc1cccnc1. The van der Waals surface area contributed by atoms with Crippen LogP contribution in [0.15, 0.2) is 30.6 Å². The van der Waals surface area contributed by atoms with E-state index in [0.717, 1.165) is 12.0 Å². The number of carbonyl (C=O) groups excluding carboxylic acids is 1. The Hall–Kier alpha value is -2.17. The number of aliphatic carboxylic acids is 1. The van der Waals surface area contributed by atoms with Crippen molar-refractivity contribution >= 4 is 18.0 Å².